The predicted octanol–water partition coefficient (Wildman–Crippen LogP) is 7.00. The van der Waals surface area contributed by atoms with Crippen LogP contribution in [0.4, 0.5) is 0 Å². The van der Waals surface area contributed by atoms with Crippen LogP contribution in [0.15, 0.2) is 41.4 Å². The van der Waals surface area contributed by atoms with E-state index in [2.05, 4.69) is 116 Å². The number of aromatic nitrogens is 1. The molecular formula is C27H39N3. The Morgan fingerprint density at radius 1 is 0.767 bits per heavy atom. The Morgan fingerprint density at radius 3 is 1.53 bits per heavy atom. The lowest BCUT2D eigenvalue weighted by atomic mass is 9.85. The maximum absolute atomic E-state index is 4.97. The van der Waals surface area contributed by atoms with Crippen LogP contribution in [0.1, 0.15) is 80.4 Å². The lowest BCUT2D eigenvalue weighted by molar-refractivity contribution is 0.590. The number of fused-ring (bicyclic) bond motifs is 3. The molecule has 0 unspecified atom stereocenters. The molecular weight excluding hydrogens is 366 g/mol. The number of hydrogen-bond donors (Lipinski definition) is 1. The average molecular weight is 406 g/mol. The molecule has 162 valence electrons. The molecule has 1 aromatic heterocycles. The van der Waals surface area contributed by atoms with Gasteiger partial charge in [0.15, 0.2) is 0 Å². The van der Waals surface area contributed by atoms with Gasteiger partial charge in [-0.15, -0.1) is 0 Å². The summed E-state index contributed by atoms with van der Waals surface area (Å²) in [6, 6.07) is 14.3. The van der Waals surface area contributed by atoms with E-state index in [0.717, 1.165) is 5.96 Å². The van der Waals surface area contributed by atoms with Crippen molar-refractivity contribution in [3.8, 4) is 0 Å². The topological polar surface area (TPSA) is 29.3 Å². The third-order valence-electron chi connectivity index (χ3n) is 5.51. The fraction of sp³-hybridized carbons (Fsp3) is 0.519. The van der Waals surface area contributed by atoms with Crippen molar-refractivity contribution in [2.45, 2.75) is 92.2 Å². The van der Waals surface area contributed by atoms with E-state index in [1.165, 1.54) is 32.9 Å². The van der Waals surface area contributed by atoms with Crippen molar-refractivity contribution in [2.75, 3.05) is 0 Å². The average Bonchev–Trinajstić information content (AvgIpc) is 2.91. The maximum Gasteiger partial charge on any atom is 0.203 e. The first-order chi connectivity index (χ1) is 13.8. The molecule has 0 spiro atoms. The first-order valence-electron chi connectivity index (χ1n) is 11.2. The Bertz CT molecular complexity index is 1010. The Morgan fingerprint density at radius 2 is 1.20 bits per heavy atom. The van der Waals surface area contributed by atoms with E-state index in [1.807, 2.05) is 0 Å². The van der Waals surface area contributed by atoms with Crippen molar-refractivity contribution in [2.24, 2.45) is 4.99 Å². The summed E-state index contributed by atoms with van der Waals surface area (Å²) >= 11 is 0. The molecule has 0 bridgehead atoms. The summed E-state index contributed by atoms with van der Waals surface area (Å²) in [5.41, 5.74) is 5.34. The van der Waals surface area contributed by atoms with Crippen molar-refractivity contribution in [3.63, 3.8) is 0 Å². The molecule has 0 aliphatic carbocycles. The van der Waals surface area contributed by atoms with Gasteiger partial charge in [-0.2, -0.15) is 0 Å². The van der Waals surface area contributed by atoms with Gasteiger partial charge in [0.25, 0.3) is 0 Å². The van der Waals surface area contributed by atoms with E-state index in [-0.39, 0.29) is 16.9 Å². The Hall–Kier alpha value is -2.29. The highest BCUT2D eigenvalue weighted by Crippen LogP contribution is 2.35. The van der Waals surface area contributed by atoms with Crippen LogP contribution in [0.3, 0.4) is 0 Å². The van der Waals surface area contributed by atoms with E-state index in [9.17, 15) is 0 Å². The molecule has 0 amide bonds. The van der Waals surface area contributed by atoms with Crippen LogP contribution in [0, 0.1) is 0 Å². The highest BCUT2D eigenvalue weighted by molar-refractivity contribution is 6.14. The SMILES string of the molecule is CC(C)N=C(NC(C)C)n1c2ccc(C(C)(C)C)cc2c2cc(C(C)(C)C)ccc21. The van der Waals surface area contributed by atoms with Gasteiger partial charge in [0.1, 0.15) is 0 Å². The summed E-state index contributed by atoms with van der Waals surface area (Å²) in [5.74, 6) is 0.923. The second-order valence-electron chi connectivity index (χ2n) is 11.1. The molecule has 0 fully saturated rings. The number of hydrogen-bond acceptors (Lipinski definition) is 1. The number of nitrogens with one attached hydrogen (secondary N) is 1. The van der Waals surface area contributed by atoms with Gasteiger partial charge in [-0.1, -0.05) is 53.7 Å². The van der Waals surface area contributed by atoms with Gasteiger partial charge in [0.05, 0.1) is 11.0 Å². The van der Waals surface area contributed by atoms with Gasteiger partial charge < -0.3 is 5.32 Å². The third-order valence-corrected chi connectivity index (χ3v) is 5.51. The van der Waals surface area contributed by atoms with Crippen LogP contribution in [-0.2, 0) is 10.8 Å². The first kappa shape index (κ1) is 22.4. The van der Waals surface area contributed by atoms with E-state index < -0.39 is 0 Å². The van der Waals surface area contributed by atoms with Gasteiger partial charge in [0, 0.05) is 22.9 Å². The fourth-order valence-corrected chi connectivity index (χ4v) is 3.85. The van der Waals surface area contributed by atoms with Crippen LogP contribution in [0.2, 0.25) is 0 Å². The van der Waals surface area contributed by atoms with Crippen molar-refractivity contribution in [1.82, 2.24) is 9.88 Å². The zero-order valence-corrected chi connectivity index (χ0v) is 20.5. The minimum Gasteiger partial charge on any atom is -0.353 e. The molecule has 1 heterocycles. The molecule has 0 radical (unpaired) electrons. The van der Waals surface area contributed by atoms with Gasteiger partial charge in [-0.05, 0) is 73.9 Å². The van der Waals surface area contributed by atoms with E-state index in [4.69, 9.17) is 4.99 Å². The summed E-state index contributed by atoms with van der Waals surface area (Å²) in [7, 11) is 0. The summed E-state index contributed by atoms with van der Waals surface area (Å²) in [6.45, 7) is 22.3. The molecule has 3 nitrogen and oxygen atoms in total. The number of benzene rings is 2. The van der Waals surface area contributed by atoms with Gasteiger partial charge in [-0.3, -0.25) is 4.57 Å². The van der Waals surface area contributed by atoms with Crippen LogP contribution in [-0.4, -0.2) is 22.6 Å². The molecule has 2 aromatic carbocycles. The number of nitrogens with zero attached hydrogens (tertiary/aromatic N) is 2. The number of rotatable bonds is 2. The molecule has 30 heavy (non-hydrogen) atoms. The fourth-order valence-electron chi connectivity index (χ4n) is 3.85. The standard InChI is InChI=1S/C27H39N3/c1-17(2)28-25(29-18(3)4)30-23-13-11-19(26(5,6)7)15-21(23)22-16-20(27(8,9)10)12-14-24(22)30/h11-18H,1-10H3,(H,28,29). The minimum absolute atomic E-state index is 0.106. The molecule has 0 aliphatic heterocycles. The summed E-state index contributed by atoms with van der Waals surface area (Å²) < 4.78 is 2.31. The highest BCUT2D eigenvalue weighted by Gasteiger charge is 2.22. The predicted molar refractivity (Wildman–Crippen MR) is 133 cm³/mol. The van der Waals surface area contributed by atoms with Crippen molar-refractivity contribution in [1.29, 1.82) is 0 Å². The van der Waals surface area contributed by atoms with Crippen LogP contribution in [0.5, 0.6) is 0 Å². The minimum atomic E-state index is 0.106. The molecule has 0 saturated heterocycles. The zero-order valence-electron chi connectivity index (χ0n) is 20.5. The monoisotopic (exact) mass is 405 g/mol. The highest BCUT2D eigenvalue weighted by atomic mass is 15.2. The van der Waals surface area contributed by atoms with Gasteiger partial charge in [0.2, 0.25) is 5.96 Å². The maximum atomic E-state index is 4.97. The van der Waals surface area contributed by atoms with E-state index in [0.29, 0.717) is 6.04 Å². The second kappa shape index (κ2) is 7.76. The van der Waals surface area contributed by atoms with Crippen LogP contribution < -0.4 is 5.32 Å². The zero-order chi connectivity index (χ0) is 22.4. The van der Waals surface area contributed by atoms with Gasteiger partial charge >= 0.3 is 0 Å². The summed E-state index contributed by atoms with van der Waals surface area (Å²) in [6.07, 6.45) is 0. The largest absolute Gasteiger partial charge is 0.353 e. The van der Waals surface area contributed by atoms with Gasteiger partial charge in [-0.25, -0.2) is 4.99 Å². The van der Waals surface area contributed by atoms with Crippen molar-refractivity contribution in [3.05, 3.63) is 47.5 Å². The number of aliphatic imine (C=N–C) groups is 1. The molecule has 0 atom stereocenters. The Labute approximate surface area is 182 Å². The normalized spacial score (nSPS) is 13.8. The molecule has 3 rings (SSSR count). The smallest absolute Gasteiger partial charge is 0.203 e. The molecule has 1 N–H and O–H groups in total. The summed E-state index contributed by atoms with van der Waals surface area (Å²) in [4.78, 5) is 4.97. The van der Waals surface area contributed by atoms with Crippen molar-refractivity contribution < 1.29 is 0 Å². The quantitative estimate of drug-likeness (QED) is 0.361. The lowest BCUT2D eigenvalue weighted by Gasteiger charge is -2.20. The Balaban J connectivity index is 2.43. The third kappa shape index (κ3) is 4.40. The lowest BCUT2D eigenvalue weighted by Crippen LogP contribution is -2.36. The first-order valence-corrected chi connectivity index (χ1v) is 11.2. The molecule has 3 heteroatoms. The van der Waals surface area contributed by atoms with Crippen molar-refractivity contribution >= 4 is 27.8 Å². The summed E-state index contributed by atoms with van der Waals surface area (Å²) in [5, 5.41) is 6.19. The van der Waals surface area contributed by atoms with E-state index >= 15 is 0 Å². The van der Waals surface area contributed by atoms with E-state index in [1.54, 1.807) is 0 Å². The molecule has 0 aliphatic rings. The van der Waals surface area contributed by atoms with Crippen LogP contribution >= 0.6 is 0 Å². The molecule has 0 saturated carbocycles. The Kier molecular flexibility index (Phi) is 5.79. The van der Waals surface area contributed by atoms with Crippen LogP contribution in [0.25, 0.3) is 21.8 Å². The second-order valence-corrected chi connectivity index (χ2v) is 11.1. The molecule has 3 aromatic rings.